The van der Waals surface area contributed by atoms with E-state index in [0.29, 0.717) is 12.1 Å². The number of pyridine rings is 1. The fourth-order valence-corrected chi connectivity index (χ4v) is 1.52. The molecule has 1 atom stereocenters. The van der Waals surface area contributed by atoms with Gasteiger partial charge in [-0.1, -0.05) is 30.1 Å². The molecule has 1 unspecified atom stereocenters. The van der Waals surface area contributed by atoms with E-state index in [4.69, 9.17) is 28.7 Å². The topological polar surface area (TPSA) is 92.3 Å². The highest BCUT2D eigenvalue weighted by Gasteiger charge is 2.21. The Hall–Kier alpha value is -1.49. The van der Waals surface area contributed by atoms with Gasteiger partial charge in [0, 0.05) is 0 Å². The Kier molecular flexibility index (Phi) is 5.03. The minimum absolute atomic E-state index is 0.242. The number of aromatic nitrogens is 1. The van der Waals surface area contributed by atoms with Crippen LogP contribution in [0.1, 0.15) is 13.3 Å². The van der Waals surface area contributed by atoms with E-state index < -0.39 is 11.9 Å². The van der Waals surface area contributed by atoms with E-state index in [1.807, 2.05) is 0 Å². The van der Waals surface area contributed by atoms with Crippen LogP contribution in [0, 0.1) is 5.53 Å². The average Bonchev–Trinajstić information content (AvgIpc) is 2.29. The van der Waals surface area contributed by atoms with E-state index in [9.17, 15) is 4.79 Å². The molecule has 1 heterocycles. The first kappa shape index (κ1) is 13.6. The van der Waals surface area contributed by atoms with Gasteiger partial charge in [-0.2, -0.15) is 0 Å². The molecule has 6 nitrogen and oxygen atoms in total. The summed E-state index contributed by atoms with van der Waals surface area (Å²) in [7, 11) is 0. The number of halogens is 2. The van der Waals surface area contributed by atoms with Gasteiger partial charge in [-0.15, -0.1) is 0 Å². The summed E-state index contributed by atoms with van der Waals surface area (Å²) >= 11 is 11.5. The first-order valence-corrected chi connectivity index (χ1v) is 5.52. The van der Waals surface area contributed by atoms with Crippen LogP contribution in [0.4, 0.5) is 5.69 Å². The Morgan fingerprint density at radius 3 is 2.94 bits per heavy atom. The molecule has 1 aromatic heterocycles. The molecule has 90 valence electrons. The molecular formula is C9H10Cl2N5O+. The molecule has 0 saturated heterocycles. The van der Waals surface area contributed by atoms with Crippen LogP contribution in [0.15, 0.2) is 17.4 Å². The van der Waals surface area contributed by atoms with Gasteiger partial charge < -0.3 is 5.32 Å². The molecule has 2 N–H and O–H groups in total. The van der Waals surface area contributed by atoms with Gasteiger partial charge in [0.15, 0.2) is 0 Å². The maximum absolute atomic E-state index is 11.7. The molecule has 0 aliphatic heterocycles. The van der Waals surface area contributed by atoms with Gasteiger partial charge >= 0.3 is 0 Å². The van der Waals surface area contributed by atoms with Crippen molar-refractivity contribution in [3.63, 3.8) is 0 Å². The maximum atomic E-state index is 11.7. The van der Waals surface area contributed by atoms with Crippen LogP contribution in [-0.2, 0) is 4.79 Å². The second-order valence-corrected chi connectivity index (χ2v) is 3.91. The summed E-state index contributed by atoms with van der Waals surface area (Å²) in [4.78, 5) is 18.4. The normalized spacial score (nSPS) is 11.5. The van der Waals surface area contributed by atoms with Gasteiger partial charge in [-0.3, -0.25) is 4.79 Å². The number of anilines is 1. The van der Waals surface area contributed by atoms with Crippen molar-refractivity contribution in [2.24, 2.45) is 5.11 Å². The van der Waals surface area contributed by atoms with Crippen molar-refractivity contribution in [2.45, 2.75) is 19.4 Å². The molecule has 17 heavy (non-hydrogen) atoms. The van der Waals surface area contributed by atoms with Crippen LogP contribution in [0.5, 0.6) is 0 Å². The molecule has 1 amide bonds. The Morgan fingerprint density at radius 2 is 2.41 bits per heavy atom. The quantitative estimate of drug-likeness (QED) is 0.502. The predicted octanol–water partition coefficient (Wildman–Crippen LogP) is 2.66. The predicted molar refractivity (Wildman–Crippen MR) is 64.2 cm³/mol. The van der Waals surface area contributed by atoms with Gasteiger partial charge in [-0.25, -0.2) is 4.98 Å². The van der Waals surface area contributed by atoms with E-state index in [0.717, 1.165) is 0 Å². The molecule has 0 aliphatic carbocycles. The summed E-state index contributed by atoms with van der Waals surface area (Å²) in [5, 5.41) is 6.55. The van der Waals surface area contributed by atoms with E-state index in [-0.39, 0.29) is 10.2 Å². The largest absolute Gasteiger partial charge is 0.321 e. The number of nitrogens with zero attached hydrogens (tertiary/aromatic N) is 3. The molecule has 0 fully saturated rings. The Balaban J connectivity index is 2.83. The molecule has 0 aliphatic rings. The van der Waals surface area contributed by atoms with Crippen molar-refractivity contribution in [1.82, 2.24) is 9.90 Å². The van der Waals surface area contributed by atoms with Crippen molar-refractivity contribution >= 4 is 34.8 Å². The number of nitrogens with one attached hydrogen (secondary N) is 2. The summed E-state index contributed by atoms with van der Waals surface area (Å²) in [6.45, 7) is 1.76. The zero-order chi connectivity index (χ0) is 12.8. The van der Waals surface area contributed by atoms with Crippen molar-refractivity contribution in [2.75, 3.05) is 5.32 Å². The number of hydrogen-bond acceptors (Lipinski definition) is 4. The maximum Gasteiger partial charge on any atom is 0.256 e. The number of amides is 1. The Bertz CT molecular complexity index is 472. The molecule has 0 saturated carbocycles. The SMILES string of the molecule is CCC(N=[N+]=N)C(=O)Nc1cnc(Cl)cc1Cl. The summed E-state index contributed by atoms with van der Waals surface area (Å²) < 4.78 is 0. The highest BCUT2D eigenvalue weighted by Crippen LogP contribution is 2.23. The average molecular weight is 275 g/mol. The second kappa shape index (κ2) is 6.30. The van der Waals surface area contributed by atoms with Crippen molar-refractivity contribution in [3.8, 4) is 0 Å². The van der Waals surface area contributed by atoms with Crippen LogP contribution in [-0.4, -0.2) is 16.9 Å². The molecule has 8 heteroatoms. The minimum Gasteiger partial charge on any atom is -0.321 e. The molecule has 1 rings (SSSR count). The first-order chi connectivity index (χ1) is 8.08. The van der Waals surface area contributed by atoms with Crippen LogP contribution in [0.3, 0.4) is 0 Å². The summed E-state index contributed by atoms with van der Waals surface area (Å²) in [6.07, 6.45) is 1.79. The van der Waals surface area contributed by atoms with Crippen LogP contribution in [0.2, 0.25) is 10.2 Å². The third kappa shape index (κ3) is 3.78. The fraction of sp³-hybridized carbons (Fsp3) is 0.333. The fourth-order valence-electron chi connectivity index (χ4n) is 1.10. The number of carbonyl (C=O) groups is 1. The Morgan fingerprint density at radius 1 is 1.71 bits per heavy atom. The van der Waals surface area contributed by atoms with Gasteiger partial charge in [-0.05, 0) is 12.5 Å². The zero-order valence-corrected chi connectivity index (χ0v) is 10.5. The summed E-state index contributed by atoms with van der Waals surface area (Å²) in [5.74, 6) is -0.394. The lowest BCUT2D eigenvalue weighted by Crippen LogP contribution is -2.25. The smallest absolute Gasteiger partial charge is 0.256 e. The summed E-state index contributed by atoms with van der Waals surface area (Å²) in [5.41, 5.74) is 6.95. The molecule has 0 bridgehead atoms. The van der Waals surface area contributed by atoms with E-state index in [2.05, 4.69) is 20.3 Å². The van der Waals surface area contributed by atoms with E-state index >= 15 is 0 Å². The monoisotopic (exact) mass is 274 g/mol. The highest BCUT2D eigenvalue weighted by molar-refractivity contribution is 6.36. The third-order valence-corrected chi connectivity index (χ3v) is 2.48. The van der Waals surface area contributed by atoms with Gasteiger partial charge in [0.25, 0.3) is 5.91 Å². The van der Waals surface area contributed by atoms with Gasteiger partial charge in [0.2, 0.25) is 11.0 Å². The number of carbonyl (C=O) groups excluding carboxylic acids is 1. The summed E-state index contributed by atoms with van der Waals surface area (Å²) in [6, 6.07) is 0.713. The molecule has 0 aromatic carbocycles. The molecule has 0 spiro atoms. The van der Waals surface area contributed by atoms with Gasteiger partial charge in [0.05, 0.1) is 16.9 Å². The standard InChI is InChI=1S/C9H9Cl2N5O/c1-2-6(15-16-12)9(17)14-7-4-13-8(11)3-5(7)10/h3-4,6,12H,2H2,1H3/p+1. The third-order valence-electron chi connectivity index (χ3n) is 1.96. The second-order valence-electron chi connectivity index (χ2n) is 3.12. The van der Waals surface area contributed by atoms with Crippen LogP contribution in [0.25, 0.3) is 0 Å². The lowest BCUT2D eigenvalue weighted by molar-refractivity contribution is -0.117. The molecular weight excluding hydrogens is 265 g/mol. The van der Waals surface area contributed by atoms with E-state index in [1.54, 1.807) is 6.92 Å². The highest BCUT2D eigenvalue weighted by atomic mass is 35.5. The van der Waals surface area contributed by atoms with Crippen LogP contribution < -0.4 is 10.2 Å². The number of hydrogen-bond donors (Lipinski definition) is 2. The molecule has 0 radical (unpaired) electrons. The lowest BCUT2D eigenvalue weighted by atomic mass is 10.2. The first-order valence-electron chi connectivity index (χ1n) is 4.77. The van der Waals surface area contributed by atoms with Crippen molar-refractivity contribution in [3.05, 3.63) is 22.4 Å². The minimum atomic E-state index is -0.709. The zero-order valence-electron chi connectivity index (χ0n) is 8.94. The molecule has 1 aromatic rings. The Labute approximate surface area is 108 Å². The van der Waals surface area contributed by atoms with E-state index in [1.165, 1.54) is 12.3 Å². The number of rotatable bonds is 4. The van der Waals surface area contributed by atoms with Gasteiger partial charge in [0.1, 0.15) is 15.8 Å². The van der Waals surface area contributed by atoms with Crippen molar-refractivity contribution in [1.29, 1.82) is 5.53 Å². The van der Waals surface area contributed by atoms with Crippen molar-refractivity contribution < 1.29 is 4.79 Å². The van der Waals surface area contributed by atoms with Crippen LogP contribution >= 0.6 is 23.2 Å². The lowest BCUT2D eigenvalue weighted by Gasteiger charge is -2.07.